The van der Waals surface area contributed by atoms with Crippen LogP contribution in [0.3, 0.4) is 0 Å². The molecule has 1 aromatic rings. The van der Waals surface area contributed by atoms with Gasteiger partial charge in [0.25, 0.3) is 0 Å². The summed E-state index contributed by atoms with van der Waals surface area (Å²) in [4.78, 5) is 11.7. The molecule has 2 N–H and O–H groups in total. The molecule has 17 heavy (non-hydrogen) atoms. The summed E-state index contributed by atoms with van der Waals surface area (Å²) < 4.78 is 15.7. The van der Waals surface area contributed by atoms with Crippen LogP contribution >= 0.6 is 11.6 Å². The maximum absolute atomic E-state index is 11.7. The van der Waals surface area contributed by atoms with E-state index in [0.717, 1.165) is 0 Å². The number of nitrogens with two attached hydrogens (primary N) is 1. The van der Waals surface area contributed by atoms with Gasteiger partial charge in [-0.25, -0.2) is 4.79 Å². The number of ether oxygens (including phenoxy) is 3. The van der Waals surface area contributed by atoms with Crippen LogP contribution in [-0.4, -0.2) is 25.8 Å². The lowest BCUT2D eigenvalue weighted by Gasteiger charge is -2.22. The van der Waals surface area contributed by atoms with Crippen molar-refractivity contribution in [2.45, 2.75) is 6.92 Å². The van der Waals surface area contributed by atoms with Crippen LogP contribution in [-0.2, 0) is 4.74 Å². The van der Waals surface area contributed by atoms with Crippen LogP contribution in [0.15, 0.2) is 6.07 Å². The van der Waals surface area contributed by atoms with Crippen molar-refractivity contribution in [3.8, 4) is 11.5 Å². The highest BCUT2D eigenvalue weighted by Gasteiger charge is 2.25. The maximum Gasteiger partial charge on any atom is 0.342 e. The summed E-state index contributed by atoms with van der Waals surface area (Å²) in [5, 5.41) is 0.248. The molecule has 0 atom stereocenters. The zero-order chi connectivity index (χ0) is 12.4. The van der Waals surface area contributed by atoms with E-state index < -0.39 is 5.97 Å². The Balaban J connectivity index is 2.52. The second-order valence-corrected chi connectivity index (χ2v) is 3.80. The fourth-order valence-corrected chi connectivity index (χ4v) is 1.75. The Hall–Kier alpha value is -1.62. The first kappa shape index (κ1) is 11.9. The van der Waals surface area contributed by atoms with Gasteiger partial charge in [-0.05, 0) is 13.0 Å². The Morgan fingerprint density at radius 1 is 1.47 bits per heavy atom. The van der Waals surface area contributed by atoms with Gasteiger partial charge in [-0.2, -0.15) is 0 Å². The molecule has 92 valence electrons. The van der Waals surface area contributed by atoms with Gasteiger partial charge >= 0.3 is 5.97 Å². The predicted molar refractivity (Wildman–Crippen MR) is 62.8 cm³/mol. The third-order valence-electron chi connectivity index (χ3n) is 2.30. The summed E-state index contributed by atoms with van der Waals surface area (Å²) in [6.45, 7) is 2.73. The fraction of sp³-hybridized carbons (Fsp3) is 0.364. The van der Waals surface area contributed by atoms with Crippen LogP contribution in [0.1, 0.15) is 17.3 Å². The quantitative estimate of drug-likeness (QED) is 0.647. The molecule has 0 bridgehead atoms. The molecule has 0 fully saturated rings. The molecular formula is C11H12ClNO4. The topological polar surface area (TPSA) is 70.8 Å². The molecule has 0 radical (unpaired) electrons. The number of benzene rings is 1. The largest absolute Gasteiger partial charge is 0.485 e. The Bertz CT molecular complexity index is 461. The van der Waals surface area contributed by atoms with Gasteiger partial charge in [-0.15, -0.1) is 0 Å². The Kier molecular flexibility index (Phi) is 3.28. The minimum Gasteiger partial charge on any atom is -0.485 e. The summed E-state index contributed by atoms with van der Waals surface area (Å²) in [6, 6.07) is 1.43. The molecule has 0 aliphatic carbocycles. The fourth-order valence-electron chi connectivity index (χ4n) is 1.56. The van der Waals surface area contributed by atoms with E-state index in [-0.39, 0.29) is 22.9 Å². The maximum atomic E-state index is 11.7. The van der Waals surface area contributed by atoms with Crippen LogP contribution < -0.4 is 15.2 Å². The van der Waals surface area contributed by atoms with Crippen molar-refractivity contribution in [1.29, 1.82) is 0 Å². The molecule has 0 aromatic heterocycles. The van der Waals surface area contributed by atoms with Gasteiger partial charge in [0, 0.05) is 0 Å². The standard InChI is InChI=1S/C11H12ClNO4/c1-2-15-11(14)6-5-7(12)8(13)10-9(6)16-3-4-17-10/h5H,2-4,13H2,1H3. The van der Waals surface area contributed by atoms with Crippen LogP contribution in [0.25, 0.3) is 0 Å². The average molecular weight is 258 g/mol. The van der Waals surface area contributed by atoms with E-state index in [9.17, 15) is 4.79 Å². The van der Waals surface area contributed by atoms with Gasteiger partial charge in [-0.3, -0.25) is 0 Å². The van der Waals surface area contributed by atoms with E-state index in [4.69, 9.17) is 31.5 Å². The lowest BCUT2D eigenvalue weighted by Crippen LogP contribution is -2.19. The summed E-state index contributed by atoms with van der Waals surface area (Å²) in [5.41, 5.74) is 6.27. The normalized spacial score (nSPS) is 13.3. The summed E-state index contributed by atoms with van der Waals surface area (Å²) >= 11 is 5.93. The highest BCUT2D eigenvalue weighted by Crippen LogP contribution is 2.43. The van der Waals surface area contributed by atoms with Gasteiger partial charge in [0.1, 0.15) is 18.8 Å². The molecule has 0 unspecified atom stereocenters. The van der Waals surface area contributed by atoms with Gasteiger partial charge in [0.05, 0.1) is 17.3 Å². The van der Waals surface area contributed by atoms with E-state index in [2.05, 4.69) is 0 Å². The van der Waals surface area contributed by atoms with Crippen molar-refractivity contribution < 1.29 is 19.0 Å². The first-order chi connectivity index (χ1) is 8.15. The summed E-state index contributed by atoms with van der Waals surface area (Å²) in [6.07, 6.45) is 0. The van der Waals surface area contributed by atoms with Crippen LogP contribution in [0.5, 0.6) is 11.5 Å². The number of carbonyl (C=O) groups excluding carboxylic acids is 1. The number of anilines is 1. The Morgan fingerprint density at radius 2 is 2.12 bits per heavy atom. The number of fused-ring (bicyclic) bond motifs is 1. The second kappa shape index (κ2) is 4.71. The summed E-state index contributed by atoms with van der Waals surface area (Å²) in [5.74, 6) is 0.111. The van der Waals surface area contributed by atoms with Crippen molar-refractivity contribution in [3.63, 3.8) is 0 Å². The number of rotatable bonds is 2. The van der Waals surface area contributed by atoms with E-state index in [1.54, 1.807) is 6.92 Å². The number of esters is 1. The molecule has 0 saturated carbocycles. The zero-order valence-corrected chi connectivity index (χ0v) is 10.0. The second-order valence-electron chi connectivity index (χ2n) is 3.40. The van der Waals surface area contributed by atoms with Crippen molar-refractivity contribution in [2.24, 2.45) is 0 Å². The van der Waals surface area contributed by atoms with Crippen molar-refractivity contribution in [2.75, 3.05) is 25.6 Å². The minimum absolute atomic E-state index is 0.237. The lowest BCUT2D eigenvalue weighted by atomic mass is 10.1. The number of nitrogen functional groups attached to an aromatic ring is 1. The highest BCUT2D eigenvalue weighted by atomic mass is 35.5. The highest BCUT2D eigenvalue weighted by molar-refractivity contribution is 6.34. The predicted octanol–water partition coefficient (Wildman–Crippen LogP) is 1.87. The Labute approximate surface area is 103 Å². The third kappa shape index (κ3) is 2.10. The molecule has 1 heterocycles. The first-order valence-electron chi connectivity index (χ1n) is 5.19. The van der Waals surface area contributed by atoms with Gasteiger partial charge in [0.15, 0.2) is 11.5 Å². The number of carbonyl (C=O) groups is 1. The SMILES string of the molecule is CCOC(=O)c1cc(Cl)c(N)c2c1OCCO2. The molecule has 0 spiro atoms. The Morgan fingerprint density at radius 3 is 2.76 bits per heavy atom. The molecule has 1 aromatic carbocycles. The van der Waals surface area contributed by atoms with Crippen molar-refractivity contribution >= 4 is 23.3 Å². The molecule has 1 aliphatic heterocycles. The van der Waals surface area contributed by atoms with Gasteiger partial charge in [-0.1, -0.05) is 11.6 Å². The summed E-state index contributed by atoms with van der Waals surface area (Å²) in [7, 11) is 0. The average Bonchev–Trinajstić information content (AvgIpc) is 2.34. The smallest absolute Gasteiger partial charge is 0.342 e. The van der Waals surface area contributed by atoms with E-state index in [1.165, 1.54) is 6.07 Å². The van der Waals surface area contributed by atoms with Crippen molar-refractivity contribution in [3.05, 3.63) is 16.7 Å². The molecule has 1 aliphatic rings. The number of hydrogen-bond donors (Lipinski definition) is 1. The number of halogens is 1. The molecule has 0 saturated heterocycles. The molecule has 0 amide bonds. The van der Waals surface area contributed by atoms with E-state index in [1.807, 2.05) is 0 Å². The van der Waals surface area contributed by atoms with Gasteiger partial charge < -0.3 is 19.9 Å². The molecular weight excluding hydrogens is 246 g/mol. The first-order valence-corrected chi connectivity index (χ1v) is 5.57. The van der Waals surface area contributed by atoms with Crippen LogP contribution in [0.2, 0.25) is 5.02 Å². The zero-order valence-electron chi connectivity index (χ0n) is 9.29. The lowest BCUT2D eigenvalue weighted by molar-refractivity contribution is 0.0516. The van der Waals surface area contributed by atoms with Gasteiger partial charge in [0.2, 0.25) is 0 Å². The van der Waals surface area contributed by atoms with Crippen molar-refractivity contribution in [1.82, 2.24) is 0 Å². The monoisotopic (exact) mass is 257 g/mol. The third-order valence-corrected chi connectivity index (χ3v) is 2.61. The van der Waals surface area contributed by atoms with Crippen LogP contribution in [0, 0.1) is 0 Å². The molecule has 2 rings (SSSR count). The molecule has 6 heteroatoms. The number of hydrogen-bond acceptors (Lipinski definition) is 5. The van der Waals surface area contributed by atoms with E-state index in [0.29, 0.717) is 24.7 Å². The molecule has 5 nitrogen and oxygen atoms in total. The van der Waals surface area contributed by atoms with Crippen LogP contribution in [0.4, 0.5) is 5.69 Å². The minimum atomic E-state index is -0.504. The van der Waals surface area contributed by atoms with E-state index >= 15 is 0 Å².